The van der Waals surface area contributed by atoms with Crippen LogP contribution in [0.5, 0.6) is 17.2 Å². The third-order valence-corrected chi connectivity index (χ3v) is 15.0. The molecular formula is C24H15N10O3P4+. The van der Waals surface area contributed by atoms with E-state index in [1.54, 1.807) is 60.8 Å². The van der Waals surface area contributed by atoms with Gasteiger partial charge in [-0.3, -0.25) is 4.52 Å². The fraction of sp³-hybridized carbons (Fsp3) is 0. The van der Waals surface area contributed by atoms with Crippen LogP contribution in [0.4, 0.5) is 0 Å². The highest BCUT2D eigenvalue weighted by molar-refractivity contribution is 7.94. The first-order chi connectivity index (χ1) is 20.0. The van der Waals surface area contributed by atoms with Gasteiger partial charge in [-0.2, -0.15) is 30.8 Å². The van der Waals surface area contributed by atoms with Crippen molar-refractivity contribution in [1.82, 2.24) is 13.6 Å². The molecule has 0 radical (unpaired) electrons. The van der Waals surface area contributed by atoms with Crippen molar-refractivity contribution in [3.05, 3.63) is 91.0 Å². The van der Waals surface area contributed by atoms with E-state index in [9.17, 15) is 31.6 Å². The molecule has 3 aromatic carbocycles. The average molecular weight is 615 g/mol. The summed E-state index contributed by atoms with van der Waals surface area (Å²) in [4.78, 5) is 12.2. The Hall–Kier alpha value is -4.76. The molecule has 0 amide bonds. The predicted molar refractivity (Wildman–Crippen MR) is 151 cm³/mol. The summed E-state index contributed by atoms with van der Waals surface area (Å²) in [5.41, 5.74) is 0. The van der Waals surface area contributed by atoms with Crippen LogP contribution in [0.15, 0.2) is 95.5 Å². The second-order valence-corrected chi connectivity index (χ2v) is 16.0. The van der Waals surface area contributed by atoms with Gasteiger partial charge in [-0.15, -0.1) is 5.26 Å². The largest absolute Gasteiger partial charge is 0.523 e. The molecule has 3 aromatic rings. The third-order valence-electron chi connectivity index (χ3n) is 4.96. The van der Waals surface area contributed by atoms with Crippen LogP contribution in [-0.4, -0.2) is 13.6 Å². The first-order valence-electron chi connectivity index (χ1n) is 11.2. The highest BCUT2D eigenvalue weighted by atomic mass is 31.3. The van der Waals surface area contributed by atoms with Gasteiger partial charge in [0.15, 0.2) is 23.4 Å². The molecule has 17 heteroatoms. The number of para-hydroxylation sites is 3. The van der Waals surface area contributed by atoms with E-state index in [2.05, 4.69) is 4.52 Å². The number of rotatable bonds is 6. The van der Waals surface area contributed by atoms with Crippen LogP contribution >= 0.6 is 31.4 Å². The van der Waals surface area contributed by atoms with Gasteiger partial charge in [0.1, 0.15) is 32.4 Å². The van der Waals surface area contributed by atoms with E-state index >= 15 is 0 Å². The lowest BCUT2D eigenvalue weighted by Crippen LogP contribution is -2.39. The van der Waals surface area contributed by atoms with Crippen LogP contribution in [0.2, 0.25) is 0 Å². The van der Waals surface area contributed by atoms with Gasteiger partial charge in [0.2, 0.25) is 8.22 Å². The highest BCUT2D eigenvalue weighted by Crippen LogP contribution is 2.84. The zero-order chi connectivity index (χ0) is 29.3. The number of hydrogen-bond acceptors (Lipinski definition) is 13. The summed E-state index contributed by atoms with van der Waals surface area (Å²) in [6.07, 6.45) is 1.79. The number of nitrogens with zero attached hydrogens (tertiary/aromatic N) is 10. The lowest BCUT2D eigenvalue weighted by molar-refractivity contribution is 0.0692. The molecule has 0 aromatic heterocycles. The molecule has 0 fully saturated rings. The van der Waals surface area contributed by atoms with Crippen molar-refractivity contribution in [3.63, 3.8) is 0 Å². The number of benzene rings is 3. The molecule has 0 saturated heterocycles. The molecule has 13 nitrogen and oxygen atoms in total. The number of nitriles is 6. The summed E-state index contributed by atoms with van der Waals surface area (Å²) in [6.45, 7) is 0. The molecule has 4 rings (SSSR count). The van der Waals surface area contributed by atoms with E-state index in [1.807, 2.05) is 29.1 Å². The summed E-state index contributed by atoms with van der Waals surface area (Å²) >= 11 is 0. The minimum Gasteiger partial charge on any atom is -0.362 e. The van der Waals surface area contributed by atoms with Gasteiger partial charge in [-0.05, 0) is 36.4 Å². The molecule has 0 saturated carbocycles. The third kappa shape index (κ3) is 5.76. The predicted octanol–water partition coefficient (Wildman–Crippen LogP) is 7.36. The lowest BCUT2D eigenvalue weighted by Gasteiger charge is -2.38. The summed E-state index contributed by atoms with van der Waals surface area (Å²) in [7, 11) is -14.1. The molecule has 0 N–H and O–H groups in total. The molecule has 3 unspecified atom stereocenters. The van der Waals surface area contributed by atoms with Crippen LogP contribution in [0.3, 0.4) is 0 Å². The Balaban J connectivity index is 2.14. The van der Waals surface area contributed by atoms with Gasteiger partial charge in [0.25, 0.3) is 8.22 Å². The normalized spacial score (nSPS) is 21.8. The average Bonchev–Trinajstić information content (AvgIpc) is 3.03. The lowest BCUT2D eigenvalue weighted by atomic mass is 10.3. The van der Waals surface area contributed by atoms with Gasteiger partial charge >= 0.3 is 20.8 Å². The smallest absolute Gasteiger partial charge is 0.362 e. The van der Waals surface area contributed by atoms with Crippen molar-refractivity contribution in [1.29, 1.82) is 31.6 Å². The second-order valence-electron chi connectivity index (χ2n) is 7.42. The fourth-order valence-electron chi connectivity index (χ4n) is 3.22. The van der Waals surface area contributed by atoms with Gasteiger partial charge in [0, 0.05) is 0 Å². The van der Waals surface area contributed by atoms with Crippen LogP contribution in [0.25, 0.3) is 0 Å². The molecule has 198 valence electrons. The van der Waals surface area contributed by atoms with E-state index in [4.69, 9.17) is 14.2 Å². The monoisotopic (exact) mass is 615 g/mol. The van der Waals surface area contributed by atoms with Crippen molar-refractivity contribution in [2.75, 3.05) is 0 Å². The van der Waals surface area contributed by atoms with Crippen molar-refractivity contribution in [2.24, 2.45) is 4.52 Å². The second kappa shape index (κ2) is 13.1. The Morgan fingerprint density at radius 2 is 1.20 bits per heavy atom. The van der Waals surface area contributed by atoms with Crippen LogP contribution in [0.1, 0.15) is 0 Å². The Morgan fingerprint density at radius 1 is 0.683 bits per heavy atom. The van der Waals surface area contributed by atoms with E-state index in [0.717, 1.165) is 13.6 Å². The van der Waals surface area contributed by atoms with Gasteiger partial charge < -0.3 is 9.68 Å². The van der Waals surface area contributed by atoms with Crippen molar-refractivity contribution in [3.8, 4) is 52.5 Å². The fourth-order valence-corrected chi connectivity index (χ4v) is 13.6. The highest BCUT2D eigenvalue weighted by Gasteiger charge is 2.73. The minimum atomic E-state index is -4.48. The molecule has 3 atom stereocenters. The Labute approximate surface area is 238 Å². The Morgan fingerprint density at radius 3 is 1.63 bits per heavy atom. The molecule has 0 bridgehead atoms. The zero-order valence-corrected chi connectivity index (χ0v) is 24.2. The Kier molecular flexibility index (Phi) is 9.31. The molecular weight excluding hydrogens is 600 g/mol. The van der Waals surface area contributed by atoms with Gasteiger partial charge in [0.05, 0.1) is 0 Å². The molecule has 1 aliphatic heterocycles. The standard InChI is InChI=1S/C24H15N10O3P4/c25-16-32-38(17-26)31-40(19-28,20-29)34(36-23-12-6-2-7-13-23)41(21-30,37-24-14-8-3-9-15-24)33(39(32)18-27)35-22-10-4-1-5-11-22/h1-15H/q+1. The maximum absolute atomic E-state index is 11.0. The Bertz CT molecular complexity index is 1690. The topological polar surface area (TPSA) is 193 Å². The van der Waals surface area contributed by atoms with Crippen molar-refractivity contribution < 1.29 is 14.2 Å². The first-order valence-corrected chi connectivity index (χ1v) is 17.0. The molecule has 1 heterocycles. The summed E-state index contributed by atoms with van der Waals surface area (Å²) in [6, 6.07) is 24.0. The number of hydrogen-bond donors (Lipinski definition) is 0. The molecule has 0 spiro atoms. The van der Waals surface area contributed by atoms with E-state index < -0.39 is 31.4 Å². The molecule has 41 heavy (non-hydrogen) atoms. The SMILES string of the molecule is N#CN1P(C#N)N=P(C#N)(C#N)N(Oc2ccccc2)[P+](C#N)(Oc2ccccc2)N(Oc2ccccc2)P1C#N. The van der Waals surface area contributed by atoms with Crippen LogP contribution in [0, 0.1) is 66.8 Å². The quantitative estimate of drug-likeness (QED) is 0.198. The zero-order valence-electron chi connectivity index (χ0n) is 20.6. The summed E-state index contributed by atoms with van der Waals surface area (Å²) in [5.74, 6) is 9.93. The van der Waals surface area contributed by atoms with E-state index in [-0.39, 0.29) is 17.2 Å². The van der Waals surface area contributed by atoms with Crippen molar-refractivity contribution >= 4 is 31.4 Å². The van der Waals surface area contributed by atoms with Gasteiger partial charge in [-0.1, -0.05) is 54.6 Å². The summed E-state index contributed by atoms with van der Waals surface area (Å²) in [5, 5.41) is 62.4. The molecule has 0 aliphatic carbocycles. The first kappa shape index (κ1) is 29.2. The van der Waals surface area contributed by atoms with Crippen molar-refractivity contribution in [2.45, 2.75) is 0 Å². The molecule has 1 aliphatic rings. The maximum Gasteiger partial charge on any atom is 0.523 e. The van der Waals surface area contributed by atoms with E-state index in [1.165, 1.54) is 36.4 Å². The van der Waals surface area contributed by atoms with Crippen LogP contribution in [-0.2, 0) is 0 Å². The van der Waals surface area contributed by atoms with E-state index in [0.29, 0.717) is 0 Å². The minimum absolute atomic E-state index is 0.105. The van der Waals surface area contributed by atoms with Gasteiger partial charge in [-0.25, -0.2) is 4.44 Å². The van der Waals surface area contributed by atoms with Crippen LogP contribution < -0.4 is 14.2 Å². The maximum atomic E-state index is 11.0. The summed E-state index contributed by atoms with van der Waals surface area (Å²) < 4.78 is 13.0.